The molecular weight excluding hydrogens is 565 g/mol. The fourth-order valence-electron chi connectivity index (χ4n) is 3.10. The maximum atomic E-state index is 13.5. The molecule has 186 valence electrons. The molecule has 0 unspecified atom stereocenters. The first-order chi connectivity index (χ1) is 15.8. The molecule has 11 heteroatoms. The van der Waals surface area contributed by atoms with E-state index in [-0.39, 0.29) is 18.5 Å². The smallest absolute Gasteiger partial charge is 0.244 e. The van der Waals surface area contributed by atoms with Crippen molar-refractivity contribution < 1.29 is 18.0 Å². The van der Waals surface area contributed by atoms with Crippen molar-refractivity contribution in [3.63, 3.8) is 0 Å². The molecule has 0 bridgehead atoms. The van der Waals surface area contributed by atoms with Crippen LogP contribution < -0.4 is 9.62 Å². The summed E-state index contributed by atoms with van der Waals surface area (Å²) in [6, 6.07) is 10.5. The minimum absolute atomic E-state index is 0.00185. The maximum absolute atomic E-state index is 13.5. The van der Waals surface area contributed by atoms with Crippen molar-refractivity contribution >= 4 is 66.7 Å². The van der Waals surface area contributed by atoms with Crippen LogP contribution >= 0.6 is 39.1 Å². The summed E-state index contributed by atoms with van der Waals surface area (Å²) < 4.78 is 26.9. The average molecular weight is 593 g/mol. The van der Waals surface area contributed by atoms with Crippen LogP contribution in [0.4, 0.5) is 5.69 Å². The van der Waals surface area contributed by atoms with Crippen LogP contribution in [0.2, 0.25) is 10.0 Å². The zero-order valence-corrected chi connectivity index (χ0v) is 23.3. The molecule has 0 saturated carbocycles. The first-order valence-corrected chi connectivity index (χ1v) is 14.0. The molecule has 0 aromatic heterocycles. The Bertz CT molecular complexity index is 1130. The summed E-state index contributed by atoms with van der Waals surface area (Å²) in [7, 11) is -3.79. The van der Waals surface area contributed by atoms with Gasteiger partial charge in [-0.15, -0.1) is 0 Å². The van der Waals surface area contributed by atoms with Gasteiger partial charge in [0.15, 0.2) is 0 Å². The number of anilines is 1. The summed E-state index contributed by atoms with van der Waals surface area (Å²) in [4.78, 5) is 27.7. The molecule has 2 aromatic rings. The molecule has 0 saturated heterocycles. The van der Waals surface area contributed by atoms with Crippen LogP contribution in [0.3, 0.4) is 0 Å². The lowest BCUT2D eigenvalue weighted by Crippen LogP contribution is -2.52. The predicted octanol–water partition coefficient (Wildman–Crippen LogP) is 4.85. The third-order valence-electron chi connectivity index (χ3n) is 5.32. The van der Waals surface area contributed by atoms with Crippen LogP contribution in [-0.2, 0) is 26.2 Å². The summed E-state index contributed by atoms with van der Waals surface area (Å²) in [6.07, 6.45) is 1.75. The number of rotatable bonds is 10. The van der Waals surface area contributed by atoms with Crippen molar-refractivity contribution in [3.8, 4) is 0 Å². The molecule has 7 nitrogen and oxygen atoms in total. The van der Waals surface area contributed by atoms with E-state index in [1.165, 1.54) is 4.90 Å². The Balaban J connectivity index is 2.41. The highest BCUT2D eigenvalue weighted by molar-refractivity contribution is 9.10. The molecule has 0 aliphatic heterocycles. The van der Waals surface area contributed by atoms with E-state index in [1.54, 1.807) is 49.4 Å². The number of hydrogen-bond acceptors (Lipinski definition) is 4. The molecule has 0 radical (unpaired) electrons. The standard InChI is InChI=1S/C23H28BrCl2N3O4S/c1-5-15(2)27-23(31)16(3)28(13-17-6-9-19(25)12-21(17)26)22(30)14-29(34(4,32)33)20-10-7-18(24)8-11-20/h6-12,15-16H,5,13-14H2,1-4H3,(H,27,31)/t15-,16+/m1/s1. The van der Waals surface area contributed by atoms with Gasteiger partial charge >= 0.3 is 0 Å². The summed E-state index contributed by atoms with van der Waals surface area (Å²) >= 11 is 15.6. The number of nitrogens with one attached hydrogen (secondary N) is 1. The highest BCUT2D eigenvalue weighted by atomic mass is 79.9. The molecule has 0 heterocycles. The highest BCUT2D eigenvalue weighted by Gasteiger charge is 2.30. The monoisotopic (exact) mass is 591 g/mol. The van der Waals surface area contributed by atoms with Gasteiger partial charge in [-0.25, -0.2) is 8.42 Å². The number of hydrogen-bond donors (Lipinski definition) is 1. The zero-order valence-electron chi connectivity index (χ0n) is 19.4. The van der Waals surface area contributed by atoms with Gasteiger partial charge in [0, 0.05) is 27.1 Å². The Hall–Kier alpha value is -1.81. The first kappa shape index (κ1) is 28.4. The average Bonchev–Trinajstić information content (AvgIpc) is 2.76. The molecule has 2 rings (SSSR count). The minimum Gasteiger partial charge on any atom is -0.352 e. The van der Waals surface area contributed by atoms with Gasteiger partial charge in [0.05, 0.1) is 11.9 Å². The summed E-state index contributed by atoms with van der Waals surface area (Å²) in [5.41, 5.74) is 0.914. The number of halogens is 3. The quantitative estimate of drug-likeness (QED) is 0.427. The van der Waals surface area contributed by atoms with Gasteiger partial charge in [-0.3, -0.25) is 13.9 Å². The number of carbonyl (C=O) groups excluding carboxylic acids is 2. The van der Waals surface area contributed by atoms with Gasteiger partial charge in [-0.05, 0) is 62.2 Å². The van der Waals surface area contributed by atoms with Crippen LogP contribution in [0.1, 0.15) is 32.8 Å². The van der Waals surface area contributed by atoms with E-state index in [0.717, 1.165) is 21.5 Å². The number of amides is 2. The molecule has 0 aliphatic rings. The van der Waals surface area contributed by atoms with Crippen LogP contribution in [-0.4, -0.2) is 50.0 Å². The fourth-order valence-corrected chi connectivity index (χ4v) is 4.68. The molecule has 1 N–H and O–H groups in total. The molecule has 2 aromatic carbocycles. The number of nitrogens with zero attached hydrogens (tertiary/aromatic N) is 2. The van der Waals surface area contributed by atoms with E-state index >= 15 is 0 Å². The van der Waals surface area contributed by atoms with Gasteiger partial charge < -0.3 is 10.2 Å². The van der Waals surface area contributed by atoms with Crippen molar-refractivity contribution in [1.82, 2.24) is 10.2 Å². The van der Waals surface area contributed by atoms with Gasteiger partial charge in [-0.2, -0.15) is 0 Å². The van der Waals surface area contributed by atoms with Gasteiger partial charge in [0.25, 0.3) is 0 Å². The Morgan fingerprint density at radius 3 is 2.24 bits per heavy atom. The highest BCUT2D eigenvalue weighted by Crippen LogP contribution is 2.25. The molecule has 0 fully saturated rings. The number of carbonyl (C=O) groups is 2. The van der Waals surface area contributed by atoms with Crippen molar-refractivity contribution in [2.45, 2.75) is 45.8 Å². The van der Waals surface area contributed by atoms with Crippen molar-refractivity contribution in [1.29, 1.82) is 0 Å². The second kappa shape index (κ2) is 12.2. The summed E-state index contributed by atoms with van der Waals surface area (Å²) in [5.74, 6) is -0.895. The van der Waals surface area contributed by atoms with Crippen molar-refractivity contribution in [2.75, 3.05) is 17.1 Å². The van der Waals surface area contributed by atoms with E-state index in [0.29, 0.717) is 21.3 Å². The molecule has 34 heavy (non-hydrogen) atoms. The van der Waals surface area contributed by atoms with Gasteiger partial charge in [-0.1, -0.05) is 52.1 Å². The minimum atomic E-state index is -3.79. The van der Waals surface area contributed by atoms with E-state index in [9.17, 15) is 18.0 Å². The summed E-state index contributed by atoms with van der Waals surface area (Å²) in [6.45, 7) is 4.93. The second-order valence-electron chi connectivity index (χ2n) is 8.00. The molecule has 0 spiro atoms. The normalized spacial score (nSPS) is 13.1. The lowest BCUT2D eigenvalue weighted by molar-refractivity contribution is -0.139. The van der Waals surface area contributed by atoms with Crippen LogP contribution in [0.5, 0.6) is 0 Å². The van der Waals surface area contributed by atoms with Crippen molar-refractivity contribution in [3.05, 3.63) is 62.5 Å². The number of sulfonamides is 1. The van der Waals surface area contributed by atoms with Crippen LogP contribution in [0, 0.1) is 0 Å². The summed E-state index contributed by atoms with van der Waals surface area (Å²) in [5, 5.41) is 3.65. The lowest BCUT2D eigenvalue weighted by atomic mass is 10.1. The largest absolute Gasteiger partial charge is 0.352 e. The second-order valence-corrected chi connectivity index (χ2v) is 11.7. The van der Waals surface area contributed by atoms with Crippen molar-refractivity contribution in [2.24, 2.45) is 0 Å². The molecule has 0 aliphatic carbocycles. The fraction of sp³-hybridized carbons (Fsp3) is 0.391. The van der Waals surface area contributed by atoms with E-state index in [4.69, 9.17) is 23.2 Å². The Kier molecular flexibility index (Phi) is 10.2. The third kappa shape index (κ3) is 7.86. The van der Waals surface area contributed by atoms with Crippen LogP contribution in [0.25, 0.3) is 0 Å². The molecule has 2 amide bonds. The van der Waals surface area contributed by atoms with E-state index < -0.39 is 28.5 Å². The zero-order chi connectivity index (χ0) is 25.6. The van der Waals surface area contributed by atoms with Gasteiger partial charge in [0.2, 0.25) is 21.8 Å². The predicted molar refractivity (Wildman–Crippen MR) is 141 cm³/mol. The molecule has 2 atom stereocenters. The van der Waals surface area contributed by atoms with Crippen LogP contribution in [0.15, 0.2) is 46.9 Å². The van der Waals surface area contributed by atoms with Gasteiger partial charge in [0.1, 0.15) is 12.6 Å². The Morgan fingerprint density at radius 1 is 1.09 bits per heavy atom. The third-order valence-corrected chi connectivity index (χ3v) is 7.57. The number of benzene rings is 2. The van der Waals surface area contributed by atoms with E-state index in [2.05, 4.69) is 21.2 Å². The lowest BCUT2D eigenvalue weighted by Gasteiger charge is -2.32. The maximum Gasteiger partial charge on any atom is 0.244 e. The topological polar surface area (TPSA) is 86.8 Å². The van der Waals surface area contributed by atoms with E-state index in [1.807, 2.05) is 13.8 Å². The first-order valence-electron chi connectivity index (χ1n) is 10.6. The Morgan fingerprint density at radius 2 is 1.71 bits per heavy atom. The SMILES string of the molecule is CC[C@@H](C)NC(=O)[C@H](C)N(Cc1ccc(Cl)cc1Cl)C(=O)CN(c1ccc(Br)cc1)S(C)(=O)=O. The Labute approximate surface area is 219 Å². The molecular formula is C23H28BrCl2N3O4S.